The molecule has 8 nitrogen and oxygen atoms in total. The number of hydrogen-bond donors (Lipinski definition) is 3. The molecule has 1 atom stereocenters. The maximum atomic E-state index is 12.5. The molecule has 9 heteroatoms. The van der Waals surface area contributed by atoms with Crippen LogP contribution in [0, 0.1) is 0 Å². The number of carbonyl (C=O) groups excluding carboxylic acids is 1. The molecule has 2 aromatic carbocycles. The van der Waals surface area contributed by atoms with Crippen LogP contribution in [0.25, 0.3) is 0 Å². The van der Waals surface area contributed by atoms with Gasteiger partial charge in [0.1, 0.15) is 0 Å². The van der Waals surface area contributed by atoms with Crippen molar-refractivity contribution in [1.82, 2.24) is 15.4 Å². The van der Waals surface area contributed by atoms with E-state index in [1.807, 2.05) is 45.0 Å². The van der Waals surface area contributed by atoms with E-state index in [9.17, 15) is 13.2 Å². The van der Waals surface area contributed by atoms with Crippen LogP contribution in [0.2, 0.25) is 0 Å². The zero-order chi connectivity index (χ0) is 24.3. The lowest BCUT2D eigenvalue weighted by atomic mass is 10.1. The number of ether oxygens (including phenoxy) is 2. The number of hydrogen-bond acceptors (Lipinski definition) is 5. The Morgan fingerprint density at radius 3 is 2.24 bits per heavy atom. The monoisotopic (exact) mass is 477 g/mol. The Morgan fingerprint density at radius 1 is 0.970 bits per heavy atom. The molecule has 182 valence electrons. The van der Waals surface area contributed by atoms with E-state index in [0.29, 0.717) is 30.3 Å². The second-order valence-electron chi connectivity index (χ2n) is 7.68. The van der Waals surface area contributed by atoms with Crippen LogP contribution < -0.4 is 24.8 Å². The second kappa shape index (κ2) is 13.1. The summed E-state index contributed by atoms with van der Waals surface area (Å²) in [5.74, 6) is 1.21. The lowest BCUT2D eigenvalue weighted by molar-refractivity contribution is 0.237. The highest BCUT2D eigenvalue weighted by molar-refractivity contribution is 7.88. The number of benzene rings is 2. The van der Waals surface area contributed by atoms with Gasteiger partial charge in [-0.1, -0.05) is 44.2 Å². The number of nitrogens with one attached hydrogen (secondary N) is 3. The number of rotatable bonds is 13. The van der Waals surface area contributed by atoms with Crippen molar-refractivity contribution in [1.29, 1.82) is 0 Å². The fraction of sp³-hybridized carbons (Fsp3) is 0.458. The Hall–Kier alpha value is -2.78. The van der Waals surface area contributed by atoms with Crippen LogP contribution in [0.1, 0.15) is 56.3 Å². The SMILES string of the molecule is CCCOc1ccc([C@H](C)NC(=O)NCc2ccccc2CS(=O)(=O)NC)cc1OCCC. The number of urea groups is 1. The number of sulfonamides is 1. The van der Waals surface area contributed by atoms with Crippen LogP contribution in [-0.4, -0.2) is 34.7 Å². The van der Waals surface area contributed by atoms with Gasteiger partial charge in [-0.05, 0) is 55.6 Å². The van der Waals surface area contributed by atoms with Gasteiger partial charge in [-0.15, -0.1) is 0 Å². The lowest BCUT2D eigenvalue weighted by Gasteiger charge is -2.18. The molecule has 0 bridgehead atoms. The smallest absolute Gasteiger partial charge is 0.315 e. The van der Waals surface area contributed by atoms with Crippen molar-refractivity contribution >= 4 is 16.1 Å². The molecule has 0 spiro atoms. The van der Waals surface area contributed by atoms with Gasteiger partial charge in [0.2, 0.25) is 10.0 Å². The molecule has 0 saturated carbocycles. The molecule has 2 rings (SSSR count). The molecule has 0 unspecified atom stereocenters. The van der Waals surface area contributed by atoms with Crippen molar-refractivity contribution in [2.75, 3.05) is 20.3 Å². The van der Waals surface area contributed by atoms with Gasteiger partial charge in [0.15, 0.2) is 11.5 Å². The van der Waals surface area contributed by atoms with Crippen molar-refractivity contribution < 1.29 is 22.7 Å². The van der Waals surface area contributed by atoms with Crippen LogP contribution >= 0.6 is 0 Å². The Morgan fingerprint density at radius 2 is 1.61 bits per heavy atom. The van der Waals surface area contributed by atoms with E-state index in [1.54, 1.807) is 18.2 Å². The highest BCUT2D eigenvalue weighted by atomic mass is 32.2. The number of carbonyl (C=O) groups is 1. The zero-order valence-electron chi connectivity index (χ0n) is 19.8. The van der Waals surface area contributed by atoms with Crippen molar-refractivity contribution in [3.05, 3.63) is 59.2 Å². The van der Waals surface area contributed by atoms with Gasteiger partial charge in [0.25, 0.3) is 0 Å². The molecule has 0 heterocycles. The standard InChI is InChI=1S/C24H35N3O5S/c1-5-13-31-22-12-11-19(15-23(22)32-14-6-2)18(3)27-24(28)26-16-20-9-7-8-10-21(20)17-33(29,30)25-4/h7-12,15,18,25H,5-6,13-14,16-17H2,1-4H3,(H2,26,27,28)/t18-/m0/s1. The zero-order valence-corrected chi connectivity index (χ0v) is 20.6. The highest BCUT2D eigenvalue weighted by Gasteiger charge is 2.15. The van der Waals surface area contributed by atoms with E-state index < -0.39 is 10.0 Å². The normalized spacial score (nSPS) is 12.1. The van der Waals surface area contributed by atoms with E-state index in [2.05, 4.69) is 15.4 Å². The Balaban J connectivity index is 2.02. The summed E-state index contributed by atoms with van der Waals surface area (Å²) in [6, 6.07) is 12.2. The summed E-state index contributed by atoms with van der Waals surface area (Å²) >= 11 is 0. The molecule has 0 saturated heterocycles. The first-order valence-corrected chi connectivity index (χ1v) is 12.9. The molecule has 0 aromatic heterocycles. The van der Waals surface area contributed by atoms with Gasteiger partial charge in [-0.3, -0.25) is 0 Å². The fourth-order valence-electron chi connectivity index (χ4n) is 3.10. The summed E-state index contributed by atoms with van der Waals surface area (Å²) in [5, 5.41) is 5.73. The molecule has 33 heavy (non-hydrogen) atoms. The summed E-state index contributed by atoms with van der Waals surface area (Å²) in [6.07, 6.45) is 1.78. The van der Waals surface area contributed by atoms with E-state index in [4.69, 9.17) is 9.47 Å². The van der Waals surface area contributed by atoms with Crippen LogP contribution in [0.3, 0.4) is 0 Å². The van der Waals surface area contributed by atoms with Gasteiger partial charge in [-0.2, -0.15) is 0 Å². The highest BCUT2D eigenvalue weighted by Crippen LogP contribution is 2.31. The molecule has 0 aliphatic rings. The van der Waals surface area contributed by atoms with E-state index in [1.165, 1.54) is 7.05 Å². The fourth-order valence-corrected chi connectivity index (χ4v) is 3.94. The predicted octanol–water partition coefficient (Wildman–Crippen LogP) is 3.87. The largest absolute Gasteiger partial charge is 0.490 e. The first-order chi connectivity index (χ1) is 15.8. The van der Waals surface area contributed by atoms with Crippen LogP contribution in [0.5, 0.6) is 11.5 Å². The summed E-state index contributed by atoms with van der Waals surface area (Å²) in [7, 11) is -2.03. The maximum Gasteiger partial charge on any atom is 0.315 e. The molecule has 0 aliphatic heterocycles. The second-order valence-corrected chi connectivity index (χ2v) is 9.61. The predicted molar refractivity (Wildman–Crippen MR) is 130 cm³/mol. The first-order valence-electron chi connectivity index (χ1n) is 11.2. The average molecular weight is 478 g/mol. The summed E-state index contributed by atoms with van der Waals surface area (Å²) in [5.41, 5.74) is 2.27. The minimum atomic E-state index is -3.41. The molecular weight excluding hydrogens is 442 g/mol. The van der Waals surface area contributed by atoms with Crippen molar-refractivity contribution in [2.45, 2.75) is 52.0 Å². The van der Waals surface area contributed by atoms with E-state index >= 15 is 0 Å². The molecule has 2 aromatic rings. The van der Waals surface area contributed by atoms with Crippen LogP contribution in [0.4, 0.5) is 4.79 Å². The first kappa shape index (κ1) is 26.5. The number of amides is 2. The molecule has 0 radical (unpaired) electrons. The van der Waals surface area contributed by atoms with Gasteiger partial charge in [-0.25, -0.2) is 17.9 Å². The molecular formula is C24H35N3O5S. The summed E-state index contributed by atoms with van der Waals surface area (Å²) in [4.78, 5) is 12.5. The van der Waals surface area contributed by atoms with Crippen LogP contribution in [-0.2, 0) is 22.3 Å². The van der Waals surface area contributed by atoms with Gasteiger partial charge >= 0.3 is 6.03 Å². The molecule has 0 fully saturated rings. The third kappa shape index (κ3) is 8.58. The third-order valence-corrected chi connectivity index (χ3v) is 6.27. The van der Waals surface area contributed by atoms with Crippen LogP contribution in [0.15, 0.2) is 42.5 Å². The molecule has 0 aliphatic carbocycles. The Bertz CT molecular complexity index is 1010. The van der Waals surface area contributed by atoms with Crippen molar-refractivity contribution in [3.8, 4) is 11.5 Å². The summed E-state index contributed by atoms with van der Waals surface area (Å²) in [6.45, 7) is 7.37. The minimum Gasteiger partial charge on any atom is -0.490 e. The Kier molecular flexibility index (Phi) is 10.5. The van der Waals surface area contributed by atoms with E-state index in [0.717, 1.165) is 24.0 Å². The lowest BCUT2D eigenvalue weighted by Crippen LogP contribution is -2.36. The quantitative estimate of drug-likeness (QED) is 0.406. The third-order valence-electron chi connectivity index (χ3n) is 4.95. The summed E-state index contributed by atoms with van der Waals surface area (Å²) < 4.78 is 37.7. The minimum absolute atomic E-state index is 0.146. The van der Waals surface area contributed by atoms with Gasteiger partial charge in [0.05, 0.1) is 25.0 Å². The average Bonchev–Trinajstić information content (AvgIpc) is 2.80. The van der Waals surface area contributed by atoms with E-state index in [-0.39, 0.29) is 24.4 Å². The van der Waals surface area contributed by atoms with Gasteiger partial charge in [0, 0.05) is 6.54 Å². The molecule has 2 amide bonds. The van der Waals surface area contributed by atoms with Crippen molar-refractivity contribution in [3.63, 3.8) is 0 Å². The molecule has 3 N–H and O–H groups in total. The Labute approximate surface area is 197 Å². The van der Waals surface area contributed by atoms with Crippen molar-refractivity contribution in [2.24, 2.45) is 0 Å². The maximum absolute atomic E-state index is 12.5. The van der Waals surface area contributed by atoms with Gasteiger partial charge < -0.3 is 20.1 Å². The topological polar surface area (TPSA) is 106 Å².